The average molecular weight is 477 g/mol. The molecule has 0 saturated carbocycles. The Morgan fingerprint density at radius 3 is 1.97 bits per heavy atom. The van der Waals surface area contributed by atoms with Gasteiger partial charge >= 0.3 is 0 Å². The van der Waals surface area contributed by atoms with Crippen molar-refractivity contribution in [3.05, 3.63) is 107 Å². The number of amides is 1. The molecule has 5 nitrogen and oxygen atoms in total. The van der Waals surface area contributed by atoms with Gasteiger partial charge in [0.2, 0.25) is 15.9 Å². The van der Waals surface area contributed by atoms with E-state index in [9.17, 15) is 13.2 Å². The van der Waals surface area contributed by atoms with E-state index in [-0.39, 0.29) is 23.6 Å². The standard InChI is InChI=1S/C28H32N2O3S/c1-21-8-12-23(13-9-21)20-34(32,33)30-18-16-26(17-19-30)28(31)29-27(24-6-4-3-5-7-24)25-14-10-22(2)11-15-25/h3-15,26-27H,16-20H2,1-2H3,(H,29,31)/t27-/m0/s1. The molecule has 1 fully saturated rings. The van der Waals surface area contributed by atoms with Crippen LogP contribution in [0.3, 0.4) is 0 Å². The topological polar surface area (TPSA) is 66.5 Å². The zero-order valence-electron chi connectivity index (χ0n) is 19.8. The van der Waals surface area contributed by atoms with Crippen molar-refractivity contribution < 1.29 is 13.2 Å². The minimum Gasteiger partial charge on any atom is -0.345 e. The number of nitrogens with zero attached hydrogens (tertiary/aromatic N) is 1. The van der Waals surface area contributed by atoms with Crippen molar-refractivity contribution in [3.8, 4) is 0 Å². The summed E-state index contributed by atoms with van der Waals surface area (Å²) in [6.45, 7) is 4.76. The first-order valence-electron chi connectivity index (χ1n) is 11.8. The van der Waals surface area contributed by atoms with Gasteiger partial charge in [-0.15, -0.1) is 0 Å². The van der Waals surface area contributed by atoms with Crippen LogP contribution in [0.2, 0.25) is 0 Å². The van der Waals surface area contributed by atoms with Crippen molar-refractivity contribution in [1.29, 1.82) is 0 Å². The first-order valence-corrected chi connectivity index (χ1v) is 13.4. The molecule has 1 N–H and O–H groups in total. The lowest BCUT2D eigenvalue weighted by Crippen LogP contribution is -2.44. The Labute approximate surface area is 202 Å². The van der Waals surface area contributed by atoms with Gasteiger partial charge in [-0.05, 0) is 43.4 Å². The Bertz CT molecular complexity index is 1200. The first-order chi connectivity index (χ1) is 16.3. The van der Waals surface area contributed by atoms with Crippen molar-refractivity contribution in [2.24, 2.45) is 5.92 Å². The van der Waals surface area contributed by atoms with Crippen molar-refractivity contribution in [1.82, 2.24) is 9.62 Å². The van der Waals surface area contributed by atoms with Crippen LogP contribution in [0.25, 0.3) is 0 Å². The minimum absolute atomic E-state index is 0.00630. The van der Waals surface area contributed by atoms with E-state index < -0.39 is 10.0 Å². The molecule has 6 heteroatoms. The number of hydrogen-bond acceptors (Lipinski definition) is 3. The summed E-state index contributed by atoms with van der Waals surface area (Å²) >= 11 is 0. The number of rotatable bonds is 7. The number of carbonyl (C=O) groups excluding carboxylic acids is 1. The van der Waals surface area contributed by atoms with Crippen LogP contribution < -0.4 is 5.32 Å². The lowest BCUT2D eigenvalue weighted by Gasteiger charge is -2.31. The van der Waals surface area contributed by atoms with E-state index in [1.807, 2.05) is 80.6 Å². The highest BCUT2D eigenvalue weighted by molar-refractivity contribution is 7.88. The zero-order chi connectivity index (χ0) is 24.1. The van der Waals surface area contributed by atoms with Gasteiger partial charge < -0.3 is 5.32 Å². The number of carbonyl (C=O) groups is 1. The van der Waals surface area contributed by atoms with E-state index in [0.717, 1.165) is 22.3 Å². The zero-order valence-corrected chi connectivity index (χ0v) is 20.6. The number of aryl methyl sites for hydroxylation is 2. The molecule has 1 amide bonds. The molecule has 0 aromatic heterocycles. The summed E-state index contributed by atoms with van der Waals surface area (Å²) in [4.78, 5) is 13.2. The molecule has 4 rings (SSSR count). The summed E-state index contributed by atoms with van der Waals surface area (Å²) in [5.41, 5.74) is 5.11. The summed E-state index contributed by atoms with van der Waals surface area (Å²) in [6, 6.07) is 25.5. The lowest BCUT2D eigenvalue weighted by molar-refractivity contribution is -0.126. The Hall–Kier alpha value is -2.96. The molecule has 178 valence electrons. The van der Waals surface area contributed by atoms with Crippen LogP contribution in [-0.2, 0) is 20.6 Å². The maximum Gasteiger partial charge on any atom is 0.223 e. The fraction of sp³-hybridized carbons (Fsp3) is 0.321. The van der Waals surface area contributed by atoms with E-state index in [4.69, 9.17) is 0 Å². The SMILES string of the molecule is Cc1ccc(CS(=O)(=O)N2CCC(C(=O)N[C@@H](c3ccccc3)c3ccc(C)cc3)CC2)cc1. The monoisotopic (exact) mass is 476 g/mol. The van der Waals surface area contributed by atoms with Gasteiger partial charge in [0.1, 0.15) is 0 Å². The minimum atomic E-state index is -3.41. The smallest absolute Gasteiger partial charge is 0.223 e. The lowest BCUT2D eigenvalue weighted by atomic mass is 9.94. The molecule has 1 aliphatic rings. The fourth-order valence-electron chi connectivity index (χ4n) is 4.41. The van der Waals surface area contributed by atoms with E-state index in [1.54, 1.807) is 0 Å². The molecule has 0 spiro atoms. The highest BCUT2D eigenvalue weighted by Gasteiger charge is 2.32. The van der Waals surface area contributed by atoms with E-state index in [0.29, 0.717) is 25.9 Å². The predicted molar refractivity (Wildman–Crippen MR) is 136 cm³/mol. The van der Waals surface area contributed by atoms with Gasteiger partial charge in [0.05, 0.1) is 11.8 Å². The predicted octanol–water partition coefficient (Wildman–Crippen LogP) is 4.75. The van der Waals surface area contributed by atoms with Crippen LogP contribution in [0.15, 0.2) is 78.9 Å². The number of sulfonamides is 1. The second kappa shape index (κ2) is 10.5. The van der Waals surface area contributed by atoms with Crippen molar-refractivity contribution >= 4 is 15.9 Å². The highest BCUT2D eigenvalue weighted by Crippen LogP contribution is 2.26. The Kier molecular flexibility index (Phi) is 7.49. The summed E-state index contributed by atoms with van der Waals surface area (Å²) in [6.07, 6.45) is 1.04. The molecule has 1 saturated heterocycles. The maximum atomic E-state index is 13.2. The Morgan fingerprint density at radius 1 is 0.853 bits per heavy atom. The van der Waals surface area contributed by atoms with E-state index >= 15 is 0 Å². The third kappa shape index (κ3) is 5.93. The van der Waals surface area contributed by atoms with Crippen LogP contribution in [0.1, 0.15) is 46.7 Å². The molecule has 3 aromatic rings. The number of hydrogen-bond donors (Lipinski definition) is 1. The van der Waals surface area contributed by atoms with Crippen LogP contribution in [0.4, 0.5) is 0 Å². The normalized spacial score (nSPS) is 16.2. The molecule has 1 aliphatic heterocycles. The highest BCUT2D eigenvalue weighted by atomic mass is 32.2. The second-order valence-electron chi connectivity index (χ2n) is 9.18. The molecule has 0 bridgehead atoms. The average Bonchev–Trinajstić information content (AvgIpc) is 2.85. The number of benzene rings is 3. The largest absolute Gasteiger partial charge is 0.345 e. The van der Waals surface area contributed by atoms with E-state index in [2.05, 4.69) is 17.4 Å². The van der Waals surface area contributed by atoms with Crippen molar-refractivity contribution in [2.45, 2.75) is 38.5 Å². The van der Waals surface area contributed by atoms with Gasteiger partial charge in [-0.1, -0.05) is 90.0 Å². The fourth-order valence-corrected chi connectivity index (χ4v) is 5.97. The molecule has 0 radical (unpaired) electrons. The van der Waals surface area contributed by atoms with Gasteiger partial charge in [0.15, 0.2) is 0 Å². The summed E-state index contributed by atoms with van der Waals surface area (Å²) in [7, 11) is -3.41. The van der Waals surface area contributed by atoms with Crippen LogP contribution in [-0.4, -0.2) is 31.7 Å². The molecule has 0 unspecified atom stereocenters. The third-order valence-electron chi connectivity index (χ3n) is 6.52. The first kappa shape index (κ1) is 24.2. The van der Waals surface area contributed by atoms with Crippen molar-refractivity contribution in [3.63, 3.8) is 0 Å². The van der Waals surface area contributed by atoms with E-state index in [1.165, 1.54) is 9.87 Å². The summed E-state index contributed by atoms with van der Waals surface area (Å²) < 4.78 is 27.4. The van der Waals surface area contributed by atoms with Gasteiger partial charge in [-0.2, -0.15) is 0 Å². The Balaban J connectivity index is 1.40. The molecule has 3 aromatic carbocycles. The van der Waals surface area contributed by atoms with Crippen LogP contribution in [0, 0.1) is 19.8 Å². The quantitative estimate of drug-likeness (QED) is 0.535. The molecular weight excluding hydrogens is 444 g/mol. The molecule has 1 atom stereocenters. The maximum absolute atomic E-state index is 13.2. The Morgan fingerprint density at radius 2 is 1.38 bits per heavy atom. The number of piperidine rings is 1. The molecule has 0 aliphatic carbocycles. The van der Waals surface area contributed by atoms with Gasteiger partial charge in [-0.3, -0.25) is 4.79 Å². The summed E-state index contributed by atoms with van der Waals surface area (Å²) in [5.74, 6) is -0.235. The molecular formula is C28H32N2O3S. The van der Waals surface area contributed by atoms with Gasteiger partial charge in [0, 0.05) is 19.0 Å². The molecule has 34 heavy (non-hydrogen) atoms. The van der Waals surface area contributed by atoms with Gasteiger partial charge in [-0.25, -0.2) is 12.7 Å². The second-order valence-corrected chi connectivity index (χ2v) is 11.1. The van der Waals surface area contributed by atoms with Crippen LogP contribution in [0.5, 0.6) is 0 Å². The summed E-state index contributed by atoms with van der Waals surface area (Å²) in [5, 5.41) is 3.23. The van der Waals surface area contributed by atoms with Crippen molar-refractivity contribution in [2.75, 3.05) is 13.1 Å². The van der Waals surface area contributed by atoms with Gasteiger partial charge in [0.25, 0.3) is 0 Å². The molecule has 1 heterocycles. The number of nitrogens with one attached hydrogen (secondary N) is 1. The third-order valence-corrected chi connectivity index (χ3v) is 8.37. The van der Waals surface area contributed by atoms with Crippen LogP contribution >= 0.6 is 0 Å².